The van der Waals surface area contributed by atoms with Crippen molar-refractivity contribution in [2.45, 2.75) is 36.1 Å². The molecule has 1 amide bonds. The van der Waals surface area contributed by atoms with Gasteiger partial charge in [-0.1, -0.05) is 18.2 Å². The monoisotopic (exact) mass is 525 g/mol. The summed E-state index contributed by atoms with van der Waals surface area (Å²) in [5, 5.41) is 10.7. The second kappa shape index (κ2) is 9.18. The number of aromatic hydroxyl groups is 1. The van der Waals surface area contributed by atoms with Gasteiger partial charge in [-0.05, 0) is 42.5 Å². The van der Waals surface area contributed by atoms with Crippen LogP contribution in [0.15, 0.2) is 46.1 Å². The Morgan fingerprint density at radius 3 is 2.78 bits per heavy atom. The molecule has 3 aliphatic rings. The minimum absolute atomic E-state index is 0.134. The summed E-state index contributed by atoms with van der Waals surface area (Å²) >= 11 is 1.43. The van der Waals surface area contributed by atoms with Crippen LogP contribution in [0.25, 0.3) is 11.3 Å². The van der Waals surface area contributed by atoms with Gasteiger partial charge in [0.25, 0.3) is 5.91 Å². The Hall–Kier alpha value is -3.37. The van der Waals surface area contributed by atoms with E-state index in [0.717, 1.165) is 22.9 Å². The van der Waals surface area contributed by atoms with Gasteiger partial charge in [-0.2, -0.15) is 0 Å². The predicted molar refractivity (Wildman–Crippen MR) is 135 cm³/mol. The molecule has 0 bridgehead atoms. The van der Waals surface area contributed by atoms with E-state index in [1.807, 2.05) is 24.3 Å². The Morgan fingerprint density at radius 2 is 1.97 bits per heavy atom. The summed E-state index contributed by atoms with van der Waals surface area (Å²) < 4.78 is 36.7. The van der Waals surface area contributed by atoms with Crippen LogP contribution in [0.3, 0.4) is 0 Å². The number of nitrogens with zero attached hydrogens (tertiary/aromatic N) is 2. The van der Waals surface area contributed by atoms with E-state index in [4.69, 9.17) is 4.74 Å². The smallest absolute Gasteiger partial charge is 0.278 e. The van der Waals surface area contributed by atoms with Crippen molar-refractivity contribution in [1.82, 2.24) is 9.58 Å². The number of fused-ring (bicyclic) bond motifs is 4. The molecular formula is C27H25F2N3O4S. The van der Waals surface area contributed by atoms with Gasteiger partial charge in [0.05, 0.1) is 12.3 Å². The van der Waals surface area contributed by atoms with Crippen LogP contribution in [0.1, 0.15) is 40.0 Å². The molecule has 0 radical (unpaired) electrons. The Morgan fingerprint density at radius 1 is 1.16 bits per heavy atom. The summed E-state index contributed by atoms with van der Waals surface area (Å²) in [7, 11) is 1.61. The number of piperidine rings is 1. The lowest BCUT2D eigenvalue weighted by Gasteiger charge is -2.44. The molecule has 1 unspecified atom stereocenters. The lowest BCUT2D eigenvalue weighted by Crippen LogP contribution is -2.58. The van der Waals surface area contributed by atoms with Crippen LogP contribution in [-0.2, 0) is 16.9 Å². The molecule has 7 nitrogen and oxygen atoms in total. The zero-order valence-corrected chi connectivity index (χ0v) is 20.9. The third-order valence-electron chi connectivity index (χ3n) is 7.44. The fraction of sp³-hybridized carbons (Fsp3) is 0.333. The number of ether oxygens (including phenoxy) is 1. The number of aromatic nitrogens is 1. The van der Waals surface area contributed by atoms with E-state index in [2.05, 4.69) is 5.43 Å². The van der Waals surface area contributed by atoms with Crippen LogP contribution in [0.2, 0.25) is 0 Å². The standard InChI is InChI=1S/C27H25F2N3O4S/c1-36-12-14-6-7-23-30-32-20(10-21(33)26(34)25(32)27(35)31(23)11-14)17-9-19(28)24(29)18-13-37-22-5-3-2-4-15(22)8-16(17)18/h2-5,9-10,14,23,30,34H,6-8,11-13H2,1H3/t14?,23-/m0/s1. The molecule has 3 aromatic rings. The molecule has 10 heteroatoms. The number of carbonyl (C=O) groups excluding carboxylic acids is 1. The highest BCUT2D eigenvalue weighted by molar-refractivity contribution is 7.98. The summed E-state index contributed by atoms with van der Waals surface area (Å²) in [5.74, 6) is -2.75. The second-order valence-corrected chi connectivity index (χ2v) is 10.7. The van der Waals surface area contributed by atoms with E-state index < -0.39 is 28.7 Å². The lowest BCUT2D eigenvalue weighted by molar-refractivity contribution is 0.0365. The number of thioether (sulfide) groups is 1. The largest absolute Gasteiger partial charge is 0.502 e. The summed E-state index contributed by atoms with van der Waals surface area (Å²) in [6.45, 7) is 0.909. The lowest BCUT2D eigenvalue weighted by atomic mass is 9.92. The van der Waals surface area contributed by atoms with Gasteiger partial charge in [0.15, 0.2) is 23.1 Å². The first-order chi connectivity index (χ1) is 17.9. The number of pyridine rings is 1. The highest BCUT2D eigenvalue weighted by Crippen LogP contribution is 2.41. The fourth-order valence-corrected chi connectivity index (χ4v) is 6.72. The molecule has 37 heavy (non-hydrogen) atoms. The first-order valence-corrected chi connectivity index (χ1v) is 13.1. The molecule has 1 aromatic heterocycles. The maximum absolute atomic E-state index is 15.1. The predicted octanol–water partition coefficient (Wildman–Crippen LogP) is 4.08. The van der Waals surface area contributed by atoms with E-state index >= 15 is 4.39 Å². The number of amides is 1. The molecule has 192 valence electrons. The topological polar surface area (TPSA) is 83.8 Å². The van der Waals surface area contributed by atoms with E-state index in [9.17, 15) is 19.1 Å². The molecule has 0 spiro atoms. The Kier molecular flexibility index (Phi) is 5.95. The van der Waals surface area contributed by atoms with Crippen molar-refractivity contribution in [2.24, 2.45) is 5.92 Å². The number of halogens is 2. The minimum Gasteiger partial charge on any atom is -0.502 e. The van der Waals surface area contributed by atoms with E-state index in [-0.39, 0.29) is 34.8 Å². The summed E-state index contributed by atoms with van der Waals surface area (Å²) in [4.78, 5) is 29.0. The van der Waals surface area contributed by atoms with Gasteiger partial charge in [0.2, 0.25) is 5.43 Å². The molecular weight excluding hydrogens is 500 g/mol. The van der Waals surface area contributed by atoms with Crippen molar-refractivity contribution in [1.29, 1.82) is 0 Å². The molecule has 3 aliphatic heterocycles. The SMILES string of the molecule is COCC1CC[C@H]2Nn3c(-c4cc(F)c(F)c5c4Cc4ccccc4SC5)cc(=O)c(O)c3C(=O)N2C1. The highest BCUT2D eigenvalue weighted by Gasteiger charge is 2.40. The van der Waals surface area contributed by atoms with Crippen molar-refractivity contribution in [3.05, 3.63) is 80.6 Å². The van der Waals surface area contributed by atoms with Gasteiger partial charge in [-0.3, -0.25) is 9.59 Å². The molecule has 1 saturated heterocycles. The van der Waals surface area contributed by atoms with Crippen molar-refractivity contribution < 1.29 is 23.4 Å². The first-order valence-electron chi connectivity index (χ1n) is 12.1. The van der Waals surface area contributed by atoms with Gasteiger partial charge in [0.1, 0.15) is 6.17 Å². The average Bonchev–Trinajstić information content (AvgIpc) is 3.09. The molecule has 4 heterocycles. The average molecular weight is 526 g/mol. The number of methoxy groups -OCH3 is 1. The maximum atomic E-state index is 15.1. The van der Waals surface area contributed by atoms with Gasteiger partial charge < -0.3 is 20.2 Å². The van der Waals surface area contributed by atoms with Crippen LogP contribution >= 0.6 is 11.8 Å². The minimum atomic E-state index is -1.03. The van der Waals surface area contributed by atoms with E-state index in [0.29, 0.717) is 37.1 Å². The normalized spacial score (nSPS) is 20.3. The molecule has 0 saturated carbocycles. The third-order valence-corrected chi connectivity index (χ3v) is 8.58. The van der Waals surface area contributed by atoms with Crippen LogP contribution < -0.4 is 10.9 Å². The summed E-state index contributed by atoms with van der Waals surface area (Å²) in [5.41, 5.74) is 4.56. The highest BCUT2D eigenvalue weighted by atomic mass is 32.2. The molecule has 2 aromatic carbocycles. The van der Waals surface area contributed by atoms with Crippen LogP contribution in [0.5, 0.6) is 5.75 Å². The zero-order chi connectivity index (χ0) is 25.8. The third kappa shape index (κ3) is 3.90. The number of hydrogen-bond donors (Lipinski definition) is 2. The number of carbonyl (C=O) groups is 1. The number of hydrogen-bond acceptors (Lipinski definition) is 6. The molecule has 1 fully saturated rings. The Balaban J connectivity index is 1.54. The Labute approximate surface area is 216 Å². The van der Waals surface area contributed by atoms with Gasteiger partial charge >= 0.3 is 0 Å². The summed E-state index contributed by atoms with van der Waals surface area (Å²) in [6, 6.07) is 9.95. The zero-order valence-electron chi connectivity index (χ0n) is 20.1. The second-order valence-electron chi connectivity index (χ2n) is 9.68. The number of nitrogens with one attached hydrogen (secondary N) is 1. The molecule has 6 rings (SSSR count). The number of benzene rings is 2. The van der Waals surface area contributed by atoms with Gasteiger partial charge in [-0.25, -0.2) is 13.5 Å². The van der Waals surface area contributed by atoms with E-state index in [1.165, 1.54) is 22.5 Å². The maximum Gasteiger partial charge on any atom is 0.278 e. The quantitative estimate of drug-likeness (QED) is 0.536. The molecule has 0 aliphatic carbocycles. The van der Waals surface area contributed by atoms with Crippen LogP contribution in [0.4, 0.5) is 8.78 Å². The van der Waals surface area contributed by atoms with E-state index in [1.54, 1.807) is 12.0 Å². The van der Waals surface area contributed by atoms with Crippen LogP contribution in [-0.4, -0.2) is 47.0 Å². The van der Waals surface area contributed by atoms with Crippen molar-refractivity contribution in [3.63, 3.8) is 0 Å². The van der Waals surface area contributed by atoms with Crippen molar-refractivity contribution >= 4 is 17.7 Å². The molecule has 2 atom stereocenters. The fourth-order valence-electron chi connectivity index (χ4n) is 5.62. The van der Waals surface area contributed by atoms with Gasteiger partial charge in [-0.15, -0.1) is 11.8 Å². The summed E-state index contributed by atoms with van der Waals surface area (Å²) in [6.07, 6.45) is 1.40. The number of rotatable bonds is 3. The first kappa shape index (κ1) is 24.0. The van der Waals surface area contributed by atoms with Gasteiger partial charge in [0, 0.05) is 47.4 Å². The van der Waals surface area contributed by atoms with Crippen molar-refractivity contribution in [3.8, 4) is 17.0 Å². The van der Waals surface area contributed by atoms with Crippen LogP contribution in [0, 0.1) is 17.6 Å². The Bertz CT molecular complexity index is 1490. The molecule has 2 N–H and O–H groups in total. The van der Waals surface area contributed by atoms with Crippen molar-refractivity contribution in [2.75, 3.05) is 25.7 Å².